The van der Waals surface area contributed by atoms with Crippen LogP contribution in [0.1, 0.15) is 17.8 Å². The fourth-order valence-corrected chi connectivity index (χ4v) is 2.89. The number of ether oxygens (including phenoxy) is 1. The van der Waals surface area contributed by atoms with E-state index in [0.717, 1.165) is 43.1 Å². The Hall–Kier alpha value is -2.98. The minimum Gasteiger partial charge on any atom is -0.484 e. The van der Waals surface area contributed by atoms with Crippen LogP contribution < -0.4 is 15.4 Å². The number of halogens is 1. The zero-order valence-electron chi connectivity index (χ0n) is 15.1. The molecule has 1 aliphatic rings. The number of nitrogens with one attached hydrogen (secondary N) is 2. The van der Waals surface area contributed by atoms with Crippen LogP contribution in [0.5, 0.6) is 5.75 Å². The number of fused-ring (bicyclic) bond motifs is 1. The maximum absolute atomic E-state index is 12.1. The van der Waals surface area contributed by atoms with Gasteiger partial charge in [0, 0.05) is 19.2 Å². The maximum Gasteiger partial charge on any atom is 0.258 e. The second-order valence-electron chi connectivity index (χ2n) is 6.20. The Bertz CT molecular complexity index is 888. The normalized spacial score (nSPS) is 13.1. The number of hydrogen-bond acceptors (Lipinski definition) is 7. The van der Waals surface area contributed by atoms with E-state index in [-0.39, 0.29) is 24.9 Å². The number of nitrogens with zero attached hydrogens (tertiary/aromatic N) is 6. The van der Waals surface area contributed by atoms with Crippen molar-refractivity contribution in [3.8, 4) is 11.4 Å². The van der Waals surface area contributed by atoms with Crippen LogP contribution in [0.25, 0.3) is 5.69 Å². The van der Waals surface area contributed by atoms with Gasteiger partial charge in [0.25, 0.3) is 5.91 Å². The Kier molecular flexibility index (Phi) is 6.56. The van der Waals surface area contributed by atoms with Crippen molar-refractivity contribution in [2.75, 3.05) is 13.2 Å². The van der Waals surface area contributed by atoms with Gasteiger partial charge in [0.2, 0.25) is 0 Å². The Morgan fingerprint density at radius 1 is 1.32 bits per heavy atom. The quantitative estimate of drug-likeness (QED) is 0.614. The molecule has 0 saturated carbocycles. The molecule has 148 valence electrons. The van der Waals surface area contributed by atoms with E-state index >= 15 is 0 Å². The second-order valence-corrected chi connectivity index (χ2v) is 6.20. The molecular formula is C17H21ClN8O2. The molecule has 4 rings (SSSR count). The lowest BCUT2D eigenvalue weighted by molar-refractivity contribution is -0.123. The van der Waals surface area contributed by atoms with Crippen molar-refractivity contribution in [3.63, 3.8) is 0 Å². The number of amides is 1. The molecule has 1 aromatic carbocycles. The number of tetrazole rings is 1. The summed E-state index contributed by atoms with van der Waals surface area (Å²) < 4.78 is 9.08. The number of benzene rings is 1. The molecule has 28 heavy (non-hydrogen) atoms. The third kappa shape index (κ3) is 4.84. The Labute approximate surface area is 167 Å². The lowest BCUT2D eigenvalue weighted by atomic mass is 10.3. The average molecular weight is 405 g/mol. The summed E-state index contributed by atoms with van der Waals surface area (Å²) in [5.74, 6) is 0.363. The zero-order valence-corrected chi connectivity index (χ0v) is 15.9. The minimum absolute atomic E-state index is 0. The van der Waals surface area contributed by atoms with Gasteiger partial charge in [-0.05, 0) is 41.6 Å². The largest absolute Gasteiger partial charge is 0.484 e. The topological polar surface area (TPSA) is 112 Å². The van der Waals surface area contributed by atoms with E-state index in [9.17, 15) is 4.79 Å². The summed E-state index contributed by atoms with van der Waals surface area (Å²) in [6, 6.07) is 9.23. The second kappa shape index (κ2) is 9.29. The predicted octanol–water partition coefficient (Wildman–Crippen LogP) is 0.469. The Morgan fingerprint density at radius 3 is 3.11 bits per heavy atom. The molecule has 0 bridgehead atoms. The number of hydrogen-bond donors (Lipinski definition) is 2. The number of aryl methyl sites for hydroxylation is 1. The van der Waals surface area contributed by atoms with Crippen LogP contribution in [0, 0.1) is 0 Å². The van der Waals surface area contributed by atoms with Gasteiger partial charge in [0.05, 0.1) is 23.6 Å². The number of rotatable bonds is 6. The van der Waals surface area contributed by atoms with Crippen LogP contribution in [-0.4, -0.2) is 49.0 Å². The van der Waals surface area contributed by atoms with Crippen LogP contribution in [0.4, 0.5) is 0 Å². The first kappa shape index (κ1) is 19.8. The highest BCUT2D eigenvalue weighted by Gasteiger charge is 2.11. The van der Waals surface area contributed by atoms with Crippen LogP contribution in [0.15, 0.2) is 36.7 Å². The summed E-state index contributed by atoms with van der Waals surface area (Å²) >= 11 is 0. The molecule has 11 heteroatoms. The fourth-order valence-electron chi connectivity index (χ4n) is 2.89. The van der Waals surface area contributed by atoms with Crippen molar-refractivity contribution in [1.82, 2.24) is 40.6 Å². The van der Waals surface area contributed by atoms with E-state index < -0.39 is 0 Å². The van der Waals surface area contributed by atoms with Gasteiger partial charge < -0.3 is 15.4 Å². The van der Waals surface area contributed by atoms with Crippen molar-refractivity contribution in [2.45, 2.75) is 26.1 Å². The van der Waals surface area contributed by atoms with E-state index in [0.29, 0.717) is 12.3 Å². The highest BCUT2D eigenvalue weighted by molar-refractivity contribution is 5.85. The average Bonchev–Trinajstić information content (AvgIpc) is 3.31. The molecule has 0 atom stereocenters. The summed E-state index contributed by atoms with van der Waals surface area (Å²) in [5.41, 5.74) is 2.75. The summed E-state index contributed by atoms with van der Waals surface area (Å²) in [6.45, 7) is 3.02. The van der Waals surface area contributed by atoms with Gasteiger partial charge in [-0.15, -0.1) is 17.5 Å². The van der Waals surface area contributed by atoms with Crippen molar-refractivity contribution in [3.05, 3.63) is 48.0 Å². The van der Waals surface area contributed by atoms with E-state index in [1.165, 1.54) is 11.0 Å². The summed E-state index contributed by atoms with van der Waals surface area (Å²) in [6.07, 6.45) is 2.55. The smallest absolute Gasteiger partial charge is 0.258 e. The molecule has 1 aliphatic heterocycles. The molecule has 10 nitrogen and oxygen atoms in total. The van der Waals surface area contributed by atoms with Crippen LogP contribution in [0.2, 0.25) is 0 Å². The molecule has 0 aliphatic carbocycles. The zero-order chi connectivity index (χ0) is 18.5. The van der Waals surface area contributed by atoms with Crippen molar-refractivity contribution < 1.29 is 9.53 Å². The van der Waals surface area contributed by atoms with E-state index in [1.54, 1.807) is 12.1 Å². The Balaban J connectivity index is 0.00000225. The molecule has 1 amide bonds. The third-order valence-electron chi connectivity index (χ3n) is 4.21. The predicted molar refractivity (Wildman–Crippen MR) is 102 cm³/mol. The highest BCUT2D eigenvalue weighted by Crippen LogP contribution is 2.15. The van der Waals surface area contributed by atoms with Gasteiger partial charge in [-0.1, -0.05) is 6.07 Å². The van der Waals surface area contributed by atoms with E-state index in [1.807, 2.05) is 22.9 Å². The molecule has 0 fully saturated rings. The summed E-state index contributed by atoms with van der Waals surface area (Å²) in [5, 5.41) is 21.8. The molecule has 0 unspecified atom stereocenters. The van der Waals surface area contributed by atoms with Crippen LogP contribution in [-0.2, 0) is 24.4 Å². The minimum atomic E-state index is -0.204. The molecule has 0 radical (unpaired) electrons. The first-order chi connectivity index (χ1) is 13.3. The van der Waals surface area contributed by atoms with Gasteiger partial charge in [0.15, 0.2) is 6.61 Å². The molecule has 0 spiro atoms. The number of carbonyl (C=O) groups excluding carboxylic acids is 1. The first-order valence-corrected chi connectivity index (χ1v) is 8.77. The molecular weight excluding hydrogens is 384 g/mol. The molecule has 2 aromatic heterocycles. The van der Waals surface area contributed by atoms with E-state index in [4.69, 9.17) is 4.74 Å². The van der Waals surface area contributed by atoms with Gasteiger partial charge in [-0.25, -0.2) is 4.68 Å². The van der Waals surface area contributed by atoms with Gasteiger partial charge >= 0.3 is 0 Å². The Morgan fingerprint density at radius 2 is 2.25 bits per heavy atom. The molecule has 2 N–H and O–H groups in total. The number of carbonyl (C=O) groups is 1. The van der Waals surface area contributed by atoms with Crippen LogP contribution >= 0.6 is 12.4 Å². The van der Waals surface area contributed by atoms with E-state index in [2.05, 4.69) is 31.3 Å². The SMILES string of the molecule is Cl.O=C(COc1cccc(-n2cnnn2)c1)NCc1cc2n(n1)CCCNC2. The fraction of sp³-hybridized carbons (Fsp3) is 0.353. The van der Waals surface area contributed by atoms with Gasteiger partial charge in [-0.2, -0.15) is 5.10 Å². The standard InChI is InChI=1S/C17H20N8O2.ClH/c26-17(19-9-13-7-15-10-18-5-2-6-24(15)21-13)11-27-16-4-1-3-14(8-16)25-12-20-22-23-25;/h1,3-4,7-8,12,18H,2,5-6,9-11H2,(H,19,26);1H. The molecule has 3 heterocycles. The van der Waals surface area contributed by atoms with Gasteiger partial charge in [-0.3, -0.25) is 9.48 Å². The highest BCUT2D eigenvalue weighted by atomic mass is 35.5. The first-order valence-electron chi connectivity index (χ1n) is 8.77. The van der Waals surface area contributed by atoms with Crippen molar-refractivity contribution >= 4 is 18.3 Å². The van der Waals surface area contributed by atoms with Crippen molar-refractivity contribution in [2.24, 2.45) is 0 Å². The number of aromatic nitrogens is 6. The van der Waals surface area contributed by atoms with Crippen molar-refractivity contribution in [1.29, 1.82) is 0 Å². The summed E-state index contributed by atoms with van der Waals surface area (Å²) in [4.78, 5) is 12.1. The van der Waals surface area contributed by atoms with Gasteiger partial charge in [0.1, 0.15) is 12.1 Å². The van der Waals surface area contributed by atoms with Crippen LogP contribution in [0.3, 0.4) is 0 Å². The monoisotopic (exact) mass is 404 g/mol. The third-order valence-corrected chi connectivity index (χ3v) is 4.21. The maximum atomic E-state index is 12.1. The lowest BCUT2D eigenvalue weighted by Crippen LogP contribution is -2.28. The molecule has 0 saturated heterocycles. The molecule has 3 aromatic rings. The lowest BCUT2D eigenvalue weighted by Gasteiger charge is -2.08. The summed E-state index contributed by atoms with van der Waals surface area (Å²) in [7, 11) is 0.